The number of amides is 2. The van der Waals surface area contributed by atoms with Crippen molar-refractivity contribution in [3.8, 4) is 5.69 Å². The van der Waals surface area contributed by atoms with E-state index in [-0.39, 0.29) is 17.7 Å². The molecule has 1 fully saturated rings. The fourth-order valence-corrected chi connectivity index (χ4v) is 5.49. The van der Waals surface area contributed by atoms with Crippen molar-refractivity contribution in [3.05, 3.63) is 107 Å². The number of aromatic nitrogens is 5. The van der Waals surface area contributed by atoms with E-state index in [9.17, 15) is 9.59 Å². The first-order valence-electron chi connectivity index (χ1n) is 13.5. The highest BCUT2D eigenvalue weighted by Crippen LogP contribution is 2.31. The lowest BCUT2D eigenvalue weighted by atomic mass is 9.89. The third-order valence-corrected chi connectivity index (χ3v) is 7.63. The summed E-state index contributed by atoms with van der Waals surface area (Å²) in [6.45, 7) is 7.01. The zero-order chi connectivity index (χ0) is 27.8. The minimum atomic E-state index is -0.187. The molecule has 0 atom stereocenters. The van der Waals surface area contributed by atoms with Gasteiger partial charge >= 0.3 is 0 Å². The minimum Gasteiger partial charge on any atom is -0.337 e. The molecule has 1 saturated heterocycles. The second kappa shape index (κ2) is 10.4. The van der Waals surface area contributed by atoms with Crippen molar-refractivity contribution in [1.29, 1.82) is 0 Å². The Balaban J connectivity index is 1.17. The Bertz CT molecular complexity index is 1700. The van der Waals surface area contributed by atoms with Gasteiger partial charge in [0.15, 0.2) is 0 Å². The molecule has 2 amide bonds. The average Bonchev–Trinajstić information content (AvgIpc) is 3.62. The molecule has 0 radical (unpaired) electrons. The molecular formula is C31H31N7O2. The van der Waals surface area contributed by atoms with Crippen molar-refractivity contribution < 1.29 is 9.59 Å². The van der Waals surface area contributed by atoms with E-state index in [1.807, 2.05) is 95.6 Å². The van der Waals surface area contributed by atoms with Crippen LogP contribution in [0.2, 0.25) is 0 Å². The number of carbonyl (C=O) groups excluding carboxylic acids is 2. The van der Waals surface area contributed by atoms with E-state index < -0.39 is 0 Å². The molecule has 6 rings (SSSR count). The van der Waals surface area contributed by atoms with Crippen molar-refractivity contribution in [2.75, 3.05) is 18.4 Å². The van der Waals surface area contributed by atoms with Crippen LogP contribution in [-0.4, -0.2) is 53.7 Å². The highest BCUT2D eigenvalue weighted by atomic mass is 16.2. The van der Waals surface area contributed by atoms with Gasteiger partial charge in [-0.15, -0.1) is 0 Å². The highest BCUT2D eigenvalue weighted by Gasteiger charge is 2.30. The first kappa shape index (κ1) is 25.5. The molecule has 1 N–H and O–H groups in total. The minimum absolute atomic E-state index is 0.0108. The summed E-state index contributed by atoms with van der Waals surface area (Å²) in [6.07, 6.45) is 8.69. The number of nitrogens with one attached hydrogen (secondary N) is 1. The first-order valence-corrected chi connectivity index (χ1v) is 13.5. The second-order valence-electron chi connectivity index (χ2n) is 10.4. The van der Waals surface area contributed by atoms with E-state index >= 15 is 0 Å². The number of rotatable bonds is 5. The third-order valence-electron chi connectivity index (χ3n) is 7.63. The monoisotopic (exact) mass is 533 g/mol. The lowest BCUT2D eigenvalue weighted by molar-refractivity contribution is 0.0703. The molecule has 5 heterocycles. The summed E-state index contributed by atoms with van der Waals surface area (Å²) in [5.41, 5.74) is 7.10. The number of hydrogen-bond acceptors (Lipinski definition) is 5. The predicted octanol–water partition coefficient (Wildman–Crippen LogP) is 5.11. The smallest absolute Gasteiger partial charge is 0.272 e. The van der Waals surface area contributed by atoms with Crippen LogP contribution in [0, 0.1) is 20.8 Å². The Morgan fingerprint density at radius 2 is 1.70 bits per heavy atom. The summed E-state index contributed by atoms with van der Waals surface area (Å²) in [6, 6.07) is 15.3. The zero-order valence-corrected chi connectivity index (χ0v) is 22.8. The first-order chi connectivity index (χ1) is 19.4. The van der Waals surface area contributed by atoms with Gasteiger partial charge in [-0.2, -0.15) is 0 Å². The Kier molecular flexibility index (Phi) is 6.63. The number of piperidine rings is 1. The quantitative estimate of drug-likeness (QED) is 0.339. The summed E-state index contributed by atoms with van der Waals surface area (Å²) in [5, 5.41) is 3.02. The van der Waals surface area contributed by atoms with Gasteiger partial charge in [0.2, 0.25) is 0 Å². The molecule has 0 aliphatic carbocycles. The van der Waals surface area contributed by atoms with Gasteiger partial charge < -0.3 is 14.8 Å². The van der Waals surface area contributed by atoms with E-state index in [1.165, 1.54) is 0 Å². The molecule has 0 bridgehead atoms. The standard InChI is InChI=1S/C31H31N7O2/c1-20-5-4-15-38-28(22(3)34-29(20)38)31(40)36-16-12-23(13-17-36)27-26(11-6-21(2)33-27)30(39)35-24-7-9-25(10-8-24)37-18-14-32-19-37/h4-11,14-15,18-19,23H,12-13,16-17H2,1-3H3,(H,35,39). The van der Waals surface area contributed by atoms with E-state index in [0.717, 1.165) is 46.8 Å². The number of hydrogen-bond donors (Lipinski definition) is 1. The number of aryl methyl sites for hydroxylation is 3. The fraction of sp³-hybridized carbons (Fsp3) is 0.258. The van der Waals surface area contributed by atoms with Gasteiger partial charge in [-0.3, -0.25) is 19.0 Å². The van der Waals surface area contributed by atoms with Gasteiger partial charge in [0.05, 0.1) is 23.3 Å². The molecular weight excluding hydrogens is 502 g/mol. The largest absolute Gasteiger partial charge is 0.337 e. The molecule has 0 saturated carbocycles. The molecule has 1 aliphatic heterocycles. The maximum Gasteiger partial charge on any atom is 0.272 e. The number of nitrogens with zero attached hydrogens (tertiary/aromatic N) is 6. The third kappa shape index (κ3) is 4.75. The van der Waals surface area contributed by atoms with E-state index in [2.05, 4.69) is 15.3 Å². The number of anilines is 1. The van der Waals surface area contributed by atoms with Crippen LogP contribution in [0.1, 0.15) is 62.3 Å². The number of fused-ring (bicyclic) bond motifs is 1. The van der Waals surface area contributed by atoms with Gasteiger partial charge in [-0.1, -0.05) is 6.07 Å². The number of benzene rings is 1. The van der Waals surface area contributed by atoms with Crippen LogP contribution in [0.3, 0.4) is 0 Å². The maximum absolute atomic E-state index is 13.6. The van der Waals surface area contributed by atoms with Crippen LogP contribution in [0.5, 0.6) is 0 Å². The number of pyridine rings is 2. The number of imidazole rings is 2. The van der Waals surface area contributed by atoms with Crippen molar-refractivity contribution >= 4 is 23.1 Å². The van der Waals surface area contributed by atoms with Gasteiger partial charge in [0, 0.05) is 54.7 Å². The van der Waals surface area contributed by atoms with Crippen molar-refractivity contribution in [3.63, 3.8) is 0 Å². The fourth-order valence-electron chi connectivity index (χ4n) is 5.49. The lowest BCUT2D eigenvalue weighted by Gasteiger charge is -2.32. The summed E-state index contributed by atoms with van der Waals surface area (Å²) >= 11 is 0. The Hall–Kier alpha value is -4.79. The summed E-state index contributed by atoms with van der Waals surface area (Å²) < 4.78 is 3.80. The molecule has 0 unspecified atom stereocenters. The van der Waals surface area contributed by atoms with Crippen molar-refractivity contribution in [2.45, 2.75) is 39.5 Å². The summed E-state index contributed by atoms with van der Waals surface area (Å²) in [5.74, 6) is -0.115. The Morgan fingerprint density at radius 3 is 2.42 bits per heavy atom. The zero-order valence-electron chi connectivity index (χ0n) is 22.8. The SMILES string of the molecule is Cc1ccc(C(=O)Nc2ccc(-n3ccnc3)cc2)c(C2CCN(C(=O)c3c(C)nc4c(C)cccn34)CC2)n1. The van der Waals surface area contributed by atoms with E-state index in [4.69, 9.17) is 4.98 Å². The molecule has 4 aromatic heterocycles. The van der Waals surface area contributed by atoms with Crippen LogP contribution in [0.15, 0.2) is 73.4 Å². The van der Waals surface area contributed by atoms with Crippen LogP contribution >= 0.6 is 0 Å². The lowest BCUT2D eigenvalue weighted by Crippen LogP contribution is -2.39. The molecule has 9 nitrogen and oxygen atoms in total. The Labute approximate surface area is 232 Å². The predicted molar refractivity (Wildman–Crippen MR) is 153 cm³/mol. The Morgan fingerprint density at radius 1 is 0.925 bits per heavy atom. The van der Waals surface area contributed by atoms with Gasteiger partial charge in [0.1, 0.15) is 11.3 Å². The average molecular weight is 534 g/mol. The van der Waals surface area contributed by atoms with Crippen molar-refractivity contribution in [1.82, 2.24) is 28.8 Å². The molecule has 1 aliphatic rings. The topological polar surface area (TPSA) is 97.4 Å². The molecule has 0 spiro atoms. The summed E-state index contributed by atoms with van der Waals surface area (Å²) in [4.78, 5) is 42.4. The van der Waals surface area contributed by atoms with Gasteiger partial charge in [-0.05, 0) is 81.6 Å². The number of carbonyl (C=O) groups is 2. The number of likely N-dealkylation sites (tertiary alicyclic amines) is 1. The van der Waals surface area contributed by atoms with Gasteiger partial charge in [0.25, 0.3) is 11.8 Å². The molecule has 9 heteroatoms. The van der Waals surface area contributed by atoms with Crippen LogP contribution in [-0.2, 0) is 0 Å². The van der Waals surface area contributed by atoms with E-state index in [0.29, 0.717) is 30.0 Å². The molecule has 40 heavy (non-hydrogen) atoms. The second-order valence-corrected chi connectivity index (χ2v) is 10.4. The van der Waals surface area contributed by atoms with Crippen LogP contribution in [0.25, 0.3) is 11.3 Å². The van der Waals surface area contributed by atoms with Gasteiger partial charge in [-0.25, -0.2) is 9.97 Å². The van der Waals surface area contributed by atoms with Crippen LogP contribution in [0.4, 0.5) is 5.69 Å². The highest BCUT2D eigenvalue weighted by molar-refractivity contribution is 6.05. The molecule has 202 valence electrons. The molecule has 1 aromatic carbocycles. The maximum atomic E-state index is 13.6. The van der Waals surface area contributed by atoms with Crippen LogP contribution < -0.4 is 5.32 Å². The normalized spacial score (nSPS) is 14.0. The summed E-state index contributed by atoms with van der Waals surface area (Å²) in [7, 11) is 0. The van der Waals surface area contributed by atoms with Crippen molar-refractivity contribution in [2.24, 2.45) is 0 Å². The molecule has 5 aromatic rings. The van der Waals surface area contributed by atoms with E-state index in [1.54, 1.807) is 12.5 Å².